The van der Waals surface area contributed by atoms with Crippen LogP contribution >= 0.6 is 0 Å². The number of carbonyl (C=O) groups excluding carboxylic acids is 1. The Balaban J connectivity index is 1.96. The van der Waals surface area contributed by atoms with Gasteiger partial charge in [0.2, 0.25) is 0 Å². The van der Waals surface area contributed by atoms with Gasteiger partial charge in [0.05, 0.1) is 17.7 Å². The van der Waals surface area contributed by atoms with E-state index in [4.69, 9.17) is 4.74 Å². The average Bonchev–Trinajstić information content (AvgIpc) is 3.23. The van der Waals surface area contributed by atoms with Crippen LogP contribution in [0.15, 0.2) is 23.3 Å². The van der Waals surface area contributed by atoms with Gasteiger partial charge in [-0.15, -0.1) is 0 Å². The highest BCUT2D eigenvalue weighted by Gasteiger charge is 2.39. The summed E-state index contributed by atoms with van der Waals surface area (Å²) in [6.07, 6.45) is 4.67. The largest absolute Gasteiger partial charge is 0.380 e. The highest BCUT2D eigenvalue weighted by molar-refractivity contribution is 5.94. The number of rotatable bonds is 5. The maximum absolute atomic E-state index is 13.1. The van der Waals surface area contributed by atoms with Crippen molar-refractivity contribution in [1.29, 1.82) is 0 Å². The molecular weight excluding hydrogens is 322 g/mol. The summed E-state index contributed by atoms with van der Waals surface area (Å²) in [7, 11) is 1.63. The number of amides is 1. The van der Waals surface area contributed by atoms with Crippen LogP contribution in [0.25, 0.3) is 0 Å². The Bertz CT molecular complexity index is 813. The smallest absolute Gasteiger partial charge is 0.343 e. The number of hydrogen-bond acceptors (Lipinski definition) is 5. The van der Waals surface area contributed by atoms with Crippen LogP contribution in [0.5, 0.6) is 0 Å². The molecule has 1 aliphatic rings. The van der Waals surface area contributed by atoms with Crippen LogP contribution in [0, 0.1) is 0 Å². The molecule has 1 N–H and O–H groups in total. The molecule has 2 aromatic heterocycles. The number of aromatic nitrogens is 4. The molecule has 1 saturated heterocycles. The predicted molar refractivity (Wildman–Crippen MR) is 91.3 cm³/mol. The monoisotopic (exact) mass is 345 g/mol. The summed E-state index contributed by atoms with van der Waals surface area (Å²) >= 11 is 0. The zero-order chi connectivity index (χ0) is 18.0. The zero-order valence-electron chi connectivity index (χ0n) is 14.7. The molecule has 134 valence electrons. The van der Waals surface area contributed by atoms with Gasteiger partial charge in [-0.3, -0.25) is 14.3 Å². The van der Waals surface area contributed by atoms with Gasteiger partial charge in [-0.2, -0.15) is 5.10 Å². The molecule has 1 amide bonds. The third-order valence-corrected chi connectivity index (χ3v) is 4.71. The molecule has 25 heavy (non-hydrogen) atoms. The van der Waals surface area contributed by atoms with Crippen molar-refractivity contribution in [1.82, 2.24) is 24.6 Å². The van der Waals surface area contributed by atoms with Crippen molar-refractivity contribution in [3.63, 3.8) is 0 Å². The quantitative estimate of drug-likeness (QED) is 0.877. The Hall–Kier alpha value is -2.48. The van der Waals surface area contributed by atoms with E-state index >= 15 is 0 Å². The number of ether oxygens (including phenoxy) is 1. The van der Waals surface area contributed by atoms with Crippen LogP contribution in [-0.4, -0.2) is 50.3 Å². The number of nitrogens with zero attached hydrogens (tertiary/aromatic N) is 4. The number of H-pyrrole nitrogens is 1. The lowest BCUT2D eigenvalue weighted by Crippen LogP contribution is -2.34. The zero-order valence-corrected chi connectivity index (χ0v) is 14.7. The number of carbonyl (C=O) groups is 1. The molecule has 2 aromatic rings. The van der Waals surface area contributed by atoms with Crippen LogP contribution < -0.4 is 5.69 Å². The minimum atomic E-state index is -0.304. The fourth-order valence-electron chi connectivity index (χ4n) is 3.29. The third kappa shape index (κ3) is 3.21. The van der Waals surface area contributed by atoms with Crippen molar-refractivity contribution in [2.75, 3.05) is 13.7 Å². The molecule has 0 saturated carbocycles. The van der Waals surface area contributed by atoms with Crippen LogP contribution in [0.3, 0.4) is 0 Å². The van der Waals surface area contributed by atoms with E-state index in [2.05, 4.69) is 15.2 Å². The summed E-state index contributed by atoms with van der Waals surface area (Å²) in [5.41, 5.74) is 1.29. The highest BCUT2D eigenvalue weighted by Crippen LogP contribution is 2.33. The molecule has 0 spiro atoms. The number of hydrogen-bond donors (Lipinski definition) is 1. The van der Waals surface area contributed by atoms with Crippen LogP contribution in [-0.2, 0) is 17.7 Å². The van der Waals surface area contributed by atoms with E-state index in [1.54, 1.807) is 29.0 Å². The van der Waals surface area contributed by atoms with Gasteiger partial charge in [0.1, 0.15) is 0 Å². The average molecular weight is 345 g/mol. The van der Waals surface area contributed by atoms with E-state index in [-0.39, 0.29) is 23.7 Å². The molecule has 3 rings (SSSR count). The van der Waals surface area contributed by atoms with E-state index in [0.29, 0.717) is 30.9 Å². The van der Waals surface area contributed by atoms with E-state index < -0.39 is 0 Å². The second kappa shape index (κ2) is 7.18. The van der Waals surface area contributed by atoms with Gasteiger partial charge in [0.15, 0.2) is 5.82 Å². The van der Waals surface area contributed by atoms with E-state index in [0.717, 1.165) is 12.0 Å². The summed E-state index contributed by atoms with van der Waals surface area (Å²) in [5, 5.41) is 6.64. The van der Waals surface area contributed by atoms with Gasteiger partial charge < -0.3 is 9.64 Å². The minimum Gasteiger partial charge on any atom is -0.380 e. The second-order valence-corrected chi connectivity index (χ2v) is 6.13. The Morgan fingerprint density at radius 3 is 2.88 bits per heavy atom. The molecule has 0 unspecified atom stereocenters. The van der Waals surface area contributed by atoms with Crippen molar-refractivity contribution in [2.24, 2.45) is 0 Å². The summed E-state index contributed by atoms with van der Waals surface area (Å²) in [6.45, 7) is 4.85. The van der Waals surface area contributed by atoms with Gasteiger partial charge in [0, 0.05) is 39.0 Å². The maximum atomic E-state index is 13.1. The van der Waals surface area contributed by atoms with Crippen LogP contribution in [0.1, 0.15) is 48.1 Å². The highest BCUT2D eigenvalue weighted by atomic mass is 16.5. The maximum Gasteiger partial charge on any atom is 0.343 e. The van der Waals surface area contributed by atoms with Crippen LogP contribution in [0.2, 0.25) is 0 Å². The van der Waals surface area contributed by atoms with Crippen molar-refractivity contribution in [3.05, 3.63) is 45.9 Å². The molecular formula is C17H23N5O3. The molecule has 0 bridgehead atoms. The number of methoxy groups -OCH3 is 1. The number of likely N-dealkylation sites (tertiary alicyclic amines) is 1. The first kappa shape index (κ1) is 17.3. The summed E-state index contributed by atoms with van der Waals surface area (Å²) < 4.78 is 7.03. The normalized spacial score (nSPS) is 20.2. The molecule has 0 radical (unpaired) electrons. The molecule has 0 aliphatic carbocycles. The van der Waals surface area contributed by atoms with Gasteiger partial charge in [-0.25, -0.2) is 9.89 Å². The van der Waals surface area contributed by atoms with Crippen molar-refractivity contribution < 1.29 is 9.53 Å². The van der Waals surface area contributed by atoms with E-state index in [1.165, 1.54) is 0 Å². The fraction of sp³-hybridized carbons (Fsp3) is 0.529. The van der Waals surface area contributed by atoms with Gasteiger partial charge in [-0.05, 0) is 25.0 Å². The second-order valence-electron chi connectivity index (χ2n) is 6.13. The Morgan fingerprint density at radius 2 is 2.20 bits per heavy atom. The molecule has 1 fully saturated rings. The first-order chi connectivity index (χ1) is 12.1. The van der Waals surface area contributed by atoms with Crippen molar-refractivity contribution in [2.45, 2.75) is 45.4 Å². The predicted octanol–water partition coefficient (Wildman–Crippen LogP) is 1.15. The van der Waals surface area contributed by atoms with Crippen LogP contribution in [0.4, 0.5) is 0 Å². The van der Waals surface area contributed by atoms with Gasteiger partial charge >= 0.3 is 5.69 Å². The Morgan fingerprint density at radius 1 is 1.40 bits per heavy atom. The Labute approximate surface area is 145 Å². The minimum absolute atomic E-state index is 0.0895. The first-order valence-corrected chi connectivity index (χ1v) is 8.51. The fourth-order valence-corrected chi connectivity index (χ4v) is 3.29. The summed E-state index contributed by atoms with van der Waals surface area (Å²) in [4.78, 5) is 30.9. The van der Waals surface area contributed by atoms with E-state index in [9.17, 15) is 9.59 Å². The third-order valence-electron chi connectivity index (χ3n) is 4.71. The number of aryl methyl sites for hydroxylation is 1. The lowest BCUT2D eigenvalue weighted by atomic mass is 10.1. The molecule has 0 aromatic carbocycles. The number of pyridine rings is 1. The number of aromatic amines is 1. The van der Waals surface area contributed by atoms with Crippen molar-refractivity contribution >= 4 is 5.91 Å². The number of nitrogens with one attached hydrogen (secondary N) is 1. The Kier molecular flexibility index (Phi) is 4.98. The van der Waals surface area contributed by atoms with Crippen molar-refractivity contribution in [3.8, 4) is 0 Å². The van der Waals surface area contributed by atoms with Gasteiger partial charge in [-0.1, -0.05) is 6.92 Å². The topological polar surface area (TPSA) is 93.1 Å². The first-order valence-electron chi connectivity index (χ1n) is 8.51. The lowest BCUT2D eigenvalue weighted by molar-refractivity contribution is 0.0682. The lowest BCUT2D eigenvalue weighted by Gasteiger charge is -2.24. The molecule has 1 aliphatic heterocycles. The SMILES string of the molecule is CCc1cncc(C(=O)N2C[C@@H](OC)C[C@H]2c2n[nH]c(=O)n2CC)c1. The standard InChI is InChI=1S/C17H23N5O3/c1-4-11-6-12(9-18-8-11)16(23)22-10-13(25-3)7-14(22)15-19-20-17(24)21(15)5-2/h6,8-9,13-14H,4-5,7,10H2,1-3H3,(H,20,24)/t13-,14-/m0/s1. The molecule has 3 heterocycles. The van der Waals surface area contributed by atoms with Gasteiger partial charge in [0.25, 0.3) is 5.91 Å². The van der Waals surface area contributed by atoms with E-state index in [1.807, 2.05) is 19.9 Å². The molecule has 2 atom stereocenters. The molecule has 8 heteroatoms. The summed E-state index contributed by atoms with van der Waals surface area (Å²) in [6, 6.07) is 1.56. The summed E-state index contributed by atoms with van der Waals surface area (Å²) in [5.74, 6) is 0.449. The molecule has 8 nitrogen and oxygen atoms in total.